The molecular weight excluding hydrogens is 245 g/mol. The summed E-state index contributed by atoms with van der Waals surface area (Å²) in [5, 5.41) is 6.04. The van der Waals surface area contributed by atoms with Crippen LogP contribution in [0.4, 0.5) is 10.1 Å². The topological polar surface area (TPSA) is 44.4 Å². The highest BCUT2D eigenvalue weighted by Crippen LogP contribution is 2.13. The molecule has 19 heavy (non-hydrogen) atoms. The standard InChI is InChI=1S/C14H20FN3O/c1-11-7-12(15)9-13(8-11)17-14(19)10-18-5-2-3-16-4-6-18/h7-9,16H,2-6,10H2,1H3,(H,17,19). The van der Waals surface area contributed by atoms with E-state index >= 15 is 0 Å². The van der Waals surface area contributed by atoms with E-state index in [1.807, 2.05) is 0 Å². The van der Waals surface area contributed by atoms with Crippen molar-refractivity contribution < 1.29 is 9.18 Å². The molecule has 1 saturated heterocycles. The maximum atomic E-state index is 13.2. The fourth-order valence-corrected chi connectivity index (χ4v) is 2.27. The Balaban J connectivity index is 1.89. The van der Waals surface area contributed by atoms with Gasteiger partial charge in [0.1, 0.15) is 5.82 Å². The molecule has 0 unspecified atom stereocenters. The van der Waals surface area contributed by atoms with Gasteiger partial charge in [0.2, 0.25) is 5.91 Å². The van der Waals surface area contributed by atoms with Gasteiger partial charge in [-0.1, -0.05) is 0 Å². The number of nitrogens with zero attached hydrogens (tertiary/aromatic N) is 1. The average Bonchev–Trinajstić information content (AvgIpc) is 2.55. The zero-order chi connectivity index (χ0) is 13.7. The molecule has 0 spiro atoms. The van der Waals surface area contributed by atoms with Crippen molar-refractivity contribution in [1.29, 1.82) is 0 Å². The summed E-state index contributed by atoms with van der Waals surface area (Å²) in [7, 11) is 0. The summed E-state index contributed by atoms with van der Waals surface area (Å²) in [6.45, 7) is 5.86. The van der Waals surface area contributed by atoms with Crippen LogP contribution in [0.3, 0.4) is 0 Å². The number of halogens is 1. The number of rotatable bonds is 3. The van der Waals surface area contributed by atoms with Crippen molar-refractivity contribution >= 4 is 11.6 Å². The van der Waals surface area contributed by atoms with Crippen LogP contribution in [0, 0.1) is 12.7 Å². The molecule has 1 aliphatic rings. The molecule has 0 atom stereocenters. The third-order valence-corrected chi connectivity index (χ3v) is 3.13. The summed E-state index contributed by atoms with van der Waals surface area (Å²) >= 11 is 0. The van der Waals surface area contributed by atoms with Gasteiger partial charge < -0.3 is 10.6 Å². The van der Waals surface area contributed by atoms with Gasteiger partial charge in [-0.05, 0) is 50.2 Å². The van der Waals surface area contributed by atoms with Gasteiger partial charge in [-0.25, -0.2) is 4.39 Å². The van der Waals surface area contributed by atoms with Crippen LogP contribution in [-0.2, 0) is 4.79 Å². The van der Waals surface area contributed by atoms with Crippen molar-refractivity contribution in [3.8, 4) is 0 Å². The Morgan fingerprint density at radius 1 is 1.37 bits per heavy atom. The number of carbonyl (C=O) groups is 1. The molecule has 104 valence electrons. The van der Waals surface area contributed by atoms with Crippen LogP contribution in [0.15, 0.2) is 18.2 Å². The maximum Gasteiger partial charge on any atom is 0.238 e. The second kappa shape index (κ2) is 6.63. The number of nitrogens with one attached hydrogen (secondary N) is 2. The minimum atomic E-state index is -0.325. The van der Waals surface area contributed by atoms with E-state index in [4.69, 9.17) is 0 Å². The Morgan fingerprint density at radius 3 is 3.00 bits per heavy atom. The maximum absolute atomic E-state index is 13.2. The monoisotopic (exact) mass is 265 g/mol. The number of amides is 1. The first kappa shape index (κ1) is 14.0. The van der Waals surface area contributed by atoms with Crippen molar-refractivity contribution in [1.82, 2.24) is 10.2 Å². The largest absolute Gasteiger partial charge is 0.325 e. The van der Waals surface area contributed by atoms with E-state index in [-0.39, 0.29) is 11.7 Å². The molecular formula is C14H20FN3O. The zero-order valence-electron chi connectivity index (χ0n) is 11.2. The Kier molecular flexibility index (Phi) is 4.87. The third-order valence-electron chi connectivity index (χ3n) is 3.13. The lowest BCUT2D eigenvalue weighted by molar-refractivity contribution is -0.117. The highest BCUT2D eigenvalue weighted by Gasteiger charge is 2.13. The minimum absolute atomic E-state index is 0.0908. The second-order valence-corrected chi connectivity index (χ2v) is 4.95. The van der Waals surface area contributed by atoms with Crippen LogP contribution < -0.4 is 10.6 Å². The molecule has 0 saturated carbocycles. The van der Waals surface area contributed by atoms with Crippen molar-refractivity contribution in [3.05, 3.63) is 29.6 Å². The normalized spacial score (nSPS) is 16.9. The first-order chi connectivity index (χ1) is 9.13. The molecule has 2 N–H and O–H groups in total. The lowest BCUT2D eigenvalue weighted by atomic mass is 10.2. The van der Waals surface area contributed by atoms with Gasteiger partial charge in [-0.3, -0.25) is 9.69 Å². The van der Waals surface area contributed by atoms with Crippen LogP contribution in [0.25, 0.3) is 0 Å². The number of aryl methyl sites for hydroxylation is 1. The first-order valence-corrected chi connectivity index (χ1v) is 6.63. The van der Waals surface area contributed by atoms with E-state index < -0.39 is 0 Å². The van der Waals surface area contributed by atoms with Crippen LogP contribution >= 0.6 is 0 Å². The smallest absolute Gasteiger partial charge is 0.238 e. The van der Waals surface area contributed by atoms with E-state index in [2.05, 4.69) is 15.5 Å². The molecule has 1 heterocycles. The summed E-state index contributed by atoms with van der Waals surface area (Å²) in [4.78, 5) is 14.0. The lowest BCUT2D eigenvalue weighted by Gasteiger charge is -2.18. The van der Waals surface area contributed by atoms with E-state index in [9.17, 15) is 9.18 Å². The van der Waals surface area contributed by atoms with Crippen LogP contribution in [-0.4, -0.2) is 43.5 Å². The van der Waals surface area contributed by atoms with Crippen LogP contribution in [0.1, 0.15) is 12.0 Å². The molecule has 0 aromatic heterocycles. The number of anilines is 1. The van der Waals surface area contributed by atoms with Gasteiger partial charge in [-0.2, -0.15) is 0 Å². The predicted octanol–water partition coefficient (Wildman–Crippen LogP) is 1.37. The molecule has 1 fully saturated rings. The first-order valence-electron chi connectivity index (χ1n) is 6.63. The average molecular weight is 265 g/mol. The molecule has 0 radical (unpaired) electrons. The molecule has 2 rings (SSSR count). The SMILES string of the molecule is Cc1cc(F)cc(NC(=O)CN2CCCNCC2)c1. The van der Waals surface area contributed by atoms with Crippen LogP contribution in [0.2, 0.25) is 0 Å². The van der Waals surface area contributed by atoms with Gasteiger partial charge in [0.15, 0.2) is 0 Å². The van der Waals surface area contributed by atoms with E-state index in [0.717, 1.165) is 38.2 Å². The van der Waals surface area contributed by atoms with Crippen molar-refractivity contribution in [2.45, 2.75) is 13.3 Å². The van der Waals surface area contributed by atoms with Gasteiger partial charge in [0.25, 0.3) is 0 Å². The molecule has 0 bridgehead atoms. The number of carbonyl (C=O) groups excluding carboxylic acids is 1. The Hall–Kier alpha value is -1.46. The van der Waals surface area contributed by atoms with E-state index in [1.54, 1.807) is 13.0 Å². The quantitative estimate of drug-likeness (QED) is 0.867. The third kappa shape index (κ3) is 4.61. The van der Waals surface area contributed by atoms with Crippen molar-refractivity contribution in [2.24, 2.45) is 0 Å². The summed E-state index contributed by atoms with van der Waals surface area (Å²) in [6, 6.07) is 4.55. The minimum Gasteiger partial charge on any atom is -0.325 e. The highest BCUT2D eigenvalue weighted by molar-refractivity contribution is 5.92. The summed E-state index contributed by atoms with van der Waals surface area (Å²) < 4.78 is 13.2. The Labute approximate surface area is 113 Å². The Morgan fingerprint density at radius 2 is 2.21 bits per heavy atom. The van der Waals surface area contributed by atoms with E-state index in [0.29, 0.717) is 12.2 Å². The lowest BCUT2D eigenvalue weighted by Crippen LogP contribution is -2.35. The molecule has 1 aromatic rings. The van der Waals surface area contributed by atoms with Crippen molar-refractivity contribution in [3.63, 3.8) is 0 Å². The van der Waals surface area contributed by atoms with Crippen LogP contribution in [0.5, 0.6) is 0 Å². The van der Waals surface area contributed by atoms with E-state index in [1.165, 1.54) is 12.1 Å². The molecule has 4 nitrogen and oxygen atoms in total. The summed E-state index contributed by atoms with van der Waals surface area (Å²) in [5.74, 6) is -0.416. The fourth-order valence-electron chi connectivity index (χ4n) is 2.27. The zero-order valence-corrected chi connectivity index (χ0v) is 11.2. The molecule has 1 aromatic carbocycles. The van der Waals surface area contributed by atoms with Gasteiger partial charge in [0, 0.05) is 18.8 Å². The van der Waals surface area contributed by atoms with Gasteiger partial charge in [0.05, 0.1) is 6.54 Å². The van der Waals surface area contributed by atoms with Gasteiger partial charge in [-0.15, -0.1) is 0 Å². The molecule has 0 aliphatic carbocycles. The number of hydrogen-bond donors (Lipinski definition) is 2. The summed E-state index contributed by atoms with van der Waals surface area (Å²) in [6.07, 6.45) is 1.05. The predicted molar refractivity (Wildman–Crippen MR) is 73.7 cm³/mol. The van der Waals surface area contributed by atoms with Crippen molar-refractivity contribution in [2.75, 3.05) is 38.0 Å². The molecule has 5 heteroatoms. The number of benzene rings is 1. The number of hydrogen-bond acceptors (Lipinski definition) is 3. The summed E-state index contributed by atoms with van der Waals surface area (Å²) in [5.41, 5.74) is 1.32. The fraction of sp³-hybridized carbons (Fsp3) is 0.500. The molecule has 1 amide bonds. The highest BCUT2D eigenvalue weighted by atomic mass is 19.1. The Bertz CT molecular complexity index is 422. The van der Waals surface area contributed by atoms with Gasteiger partial charge >= 0.3 is 0 Å². The second-order valence-electron chi connectivity index (χ2n) is 4.95. The molecule has 1 aliphatic heterocycles.